The first-order valence-corrected chi connectivity index (χ1v) is 6.16. The van der Waals surface area contributed by atoms with E-state index in [4.69, 9.17) is 5.41 Å². The number of aromatic amines is 1. The minimum Gasteiger partial charge on any atom is -0.503 e. The maximum atomic E-state index is 13.3. The Hall–Kier alpha value is -2.54. The number of aromatic nitrogens is 1. The third-order valence-electron chi connectivity index (χ3n) is 3.08. The second-order valence-electron chi connectivity index (χ2n) is 4.51. The van der Waals surface area contributed by atoms with Crippen molar-refractivity contribution in [3.05, 3.63) is 45.6 Å². The van der Waals surface area contributed by atoms with Gasteiger partial charge in [-0.15, -0.1) is 0 Å². The normalized spacial score (nSPS) is 10.7. The fraction of sp³-hybridized carbons (Fsp3) is 0.143. The third-order valence-corrected chi connectivity index (χ3v) is 3.08. The molecule has 0 aliphatic rings. The summed E-state index contributed by atoms with van der Waals surface area (Å²) >= 11 is 0. The Morgan fingerprint density at radius 3 is 2.52 bits per heavy atom. The van der Waals surface area contributed by atoms with E-state index in [9.17, 15) is 18.7 Å². The standard InChI is InChI=1S/C14H13F2N3O2/c1-6(17)10-12(20)13(21)11(19-14(10)18-2)7-3-4-8(15)9(16)5-7/h3-5,17,21H,1-2H3,(H2,18,19,20)/p+1. The van der Waals surface area contributed by atoms with Crippen molar-refractivity contribution in [3.8, 4) is 17.0 Å². The Morgan fingerprint density at radius 2 is 2.00 bits per heavy atom. The lowest BCUT2D eigenvalue weighted by Crippen LogP contribution is -2.74. The van der Waals surface area contributed by atoms with E-state index >= 15 is 0 Å². The Morgan fingerprint density at radius 1 is 1.33 bits per heavy atom. The topological polar surface area (TPSA) is 93.5 Å². The van der Waals surface area contributed by atoms with Crippen molar-refractivity contribution in [1.29, 1.82) is 5.41 Å². The molecule has 2 rings (SSSR count). The molecule has 21 heavy (non-hydrogen) atoms. The molecule has 110 valence electrons. The number of aromatic hydroxyl groups is 1. The largest absolute Gasteiger partial charge is 0.503 e. The Labute approximate surface area is 118 Å². The molecule has 0 bridgehead atoms. The third kappa shape index (κ3) is 2.55. The number of hydrogen-bond donors (Lipinski definition) is 4. The highest BCUT2D eigenvalue weighted by atomic mass is 19.2. The summed E-state index contributed by atoms with van der Waals surface area (Å²) in [5.41, 5.74) is -0.565. The van der Waals surface area contributed by atoms with E-state index in [-0.39, 0.29) is 22.5 Å². The van der Waals surface area contributed by atoms with E-state index in [1.165, 1.54) is 13.0 Å². The van der Waals surface area contributed by atoms with Crippen molar-refractivity contribution in [2.45, 2.75) is 6.92 Å². The van der Waals surface area contributed by atoms with Gasteiger partial charge >= 0.3 is 0 Å². The highest BCUT2D eigenvalue weighted by Gasteiger charge is 2.21. The van der Waals surface area contributed by atoms with Crippen molar-refractivity contribution < 1.29 is 19.2 Å². The molecule has 1 aromatic carbocycles. The molecule has 0 saturated carbocycles. The summed E-state index contributed by atoms with van der Waals surface area (Å²) < 4.78 is 26.3. The lowest BCUT2D eigenvalue weighted by Gasteiger charge is -2.10. The molecule has 0 amide bonds. The smallest absolute Gasteiger partial charge is 0.239 e. The van der Waals surface area contributed by atoms with Gasteiger partial charge in [0.1, 0.15) is 5.56 Å². The summed E-state index contributed by atoms with van der Waals surface area (Å²) in [5, 5.41) is 19.2. The zero-order valence-electron chi connectivity index (χ0n) is 11.4. The quantitative estimate of drug-likeness (QED) is 0.641. The molecule has 0 saturated heterocycles. The van der Waals surface area contributed by atoms with Gasteiger partial charge in [0.15, 0.2) is 17.4 Å². The monoisotopic (exact) mass is 294 g/mol. The molecule has 0 atom stereocenters. The van der Waals surface area contributed by atoms with Crippen molar-refractivity contribution in [1.82, 2.24) is 4.98 Å². The van der Waals surface area contributed by atoms with Crippen molar-refractivity contribution >= 4 is 11.5 Å². The van der Waals surface area contributed by atoms with Gasteiger partial charge in [-0.3, -0.25) is 4.79 Å². The Kier molecular flexibility index (Phi) is 3.86. The predicted molar refractivity (Wildman–Crippen MR) is 74.1 cm³/mol. The van der Waals surface area contributed by atoms with E-state index in [1.54, 1.807) is 12.4 Å². The SMILES string of the molecule is C[NH2+]c1[nH]c(-c2ccc(F)c(F)c2)c(O)c(=O)c1C(C)=N. The molecule has 5 N–H and O–H groups in total. The zero-order valence-corrected chi connectivity index (χ0v) is 11.4. The number of H-pyrrole nitrogens is 1. The fourth-order valence-corrected chi connectivity index (χ4v) is 2.06. The lowest BCUT2D eigenvalue weighted by atomic mass is 10.1. The summed E-state index contributed by atoms with van der Waals surface area (Å²) in [6, 6.07) is 3.05. The Balaban J connectivity index is 2.76. The van der Waals surface area contributed by atoms with E-state index in [1.807, 2.05) is 0 Å². The van der Waals surface area contributed by atoms with Crippen LogP contribution in [0.15, 0.2) is 23.0 Å². The first kappa shape index (κ1) is 14.9. The van der Waals surface area contributed by atoms with Crippen LogP contribution in [0.1, 0.15) is 12.5 Å². The van der Waals surface area contributed by atoms with Gasteiger partial charge in [-0.05, 0) is 25.1 Å². The summed E-state index contributed by atoms with van der Waals surface area (Å²) in [5.74, 6) is -2.39. The molecule has 1 heterocycles. The summed E-state index contributed by atoms with van der Waals surface area (Å²) in [6.45, 7) is 1.42. The van der Waals surface area contributed by atoms with Crippen molar-refractivity contribution in [3.63, 3.8) is 0 Å². The van der Waals surface area contributed by atoms with Crippen molar-refractivity contribution in [2.75, 3.05) is 7.05 Å². The molecule has 2 aromatic rings. The van der Waals surface area contributed by atoms with Crippen LogP contribution >= 0.6 is 0 Å². The maximum absolute atomic E-state index is 13.3. The molecule has 7 heteroatoms. The lowest BCUT2D eigenvalue weighted by molar-refractivity contribution is -0.543. The Bertz CT molecular complexity index is 785. The van der Waals surface area contributed by atoms with Crippen LogP contribution in [0.25, 0.3) is 11.3 Å². The average molecular weight is 294 g/mol. The highest BCUT2D eigenvalue weighted by Crippen LogP contribution is 2.27. The molecule has 0 spiro atoms. The van der Waals surface area contributed by atoms with Gasteiger partial charge in [-0.2, -0.15) is 0 Å². The number of quaternary nitrogens is 1. The van der Waals surface area contributed by atoms with Crippen LogP contribution in [-0.2, 0) is 0 Å². The van der Waals surface area contributed by atoms with Crippen molar-refractivity contribution in [2.24, 2.45) is 0 Å². The number of hydrogen-bond acceptors (Lipinski definition) is 3. The van der Waals surface area contributed by atoms with Gasteiger partial charge in [0.05, 0.1) is 12.7 Å². The van der Waals surface area contributed by atoms with Gasteiger partial charge < -0.3 is 20.8 Å². The first-order valence-electron chi connectivity index (χ1n) is 6.16. The molecule has 0 aliphatic heterocycles. The van der Waals surface area contributed by atoms with Gasteiger partial charge in [0.2, 0.25) is 11.2 Å². The van der Waals surface area contributed by atoms with Gasteiger partial charge in [-0.25, -0.2) is 8.78 Å². The predicted octanol–water partition coefficient (Wildman–Crippen LogP) is 1.24. The van der Waals surface area contributed by atoms with Crippen LogP contribution in [0.3, 0.4) is 0 Å². The molecule has 0 unspecified atom stereocenters. The second kappa shape index (κ2) is 5.45. The van der Waals surface area contributed by atoms with Crippen LogP contribution in [0.5, 0.6) is 5.75 Å². The van der Waals surface area contributed by atoms with E-state index in [0.29, 0.717) is 5.82 Å². The van der Waals surface area contributed by atoms with Crippen LogP contribution in [0, 0.1) is 17.0 Å². The number of halogens is 2. The summed E-state index contributed by atoms with van der Waals surface area (Å²) in [7, 11) is 1.66. The zero-order chi connectivity index (χ0) is 15.7. The van der Waals surface area contributed by atoms with E-state index < -0.39 is 22.8 Å². The van der Waals surface area contributed by atoms with Gasteiger partial charge in [0.25, 0.3) is 0 Å². The number of rotatable bonds is 3. The molecule has 0 fully saturated rings. The fourth-order valence-electron chi connectivity index (χ4n) is 2.06. The average Bonchev–Trinajstić information content (AvgIpc) is 2.44. The number of nitrogens with one attached hydrogen (secondary N) is 2. The molecular formula is C14H14F2N3O2+. The summed E-state index contributed by atoms with van der Waals surface area (Å²) in [4.78, 5) is 14.9. The highest BCUT2D eigenvalue weighted by molar-refractivity contribution is 6.00. The minimum atomic E-state index is -1.08. The number of nitrogens with two attached hydrogens (primary N) is 1. The molecule has 5 nitrogen and oxygen atoms in total. The minimum absolute atomic E-state index is 0.00325. The van der Waals surface area contributed by atoms with Crippen LogP contribution in [0.4, 0.5) is 14.6 Å². The van der Waals surface area contributed by atoms with Gasteiger partial charge in [0, 0.05) is 11.3 Å². The summed E-state index contributed by atoms with van der Waals surface area (Å²) in [6.07, 6.45) is 0. The van der Waals surface area contributed by atoms with E-state index in [2.05, 4.69) is 4.98 Å². The maximum Gasteiger partial charge on any atom is 0.239 e. The van der Waals surface area contributed by atoms with Crippen LogP contribution in [-0.4, -0.2) is 22.8 Å². The van der Waals surface area contributed by atoms with Crippen LogP contribution < -0.4 is 10.7 Å². The van der Waals surface area contributed by atoms with E-state index in [0.717, 1.165) is 12.1 Å². The number of benzene rings is 1. The molecule has 1 aromatic heterocycles. The van der Waals surface area contributed by atoms with Crippen LogP contribution in [0.2, 0.25) is 0 Å². The number of pyridine rings is 1. The first-order chi connectivity index (χ1) is 9.86. The molecule has 0 aliphatic carbocycles. The molecule has 0 radical (unpaired) electrons. The molecular weight excluding hydrogens is 280 g/mol. The van der Waals surface area contributed by atoms with Gasteiger partial charge in [-0.1, -0.05) is 0 Å². The second-order valence-corrected chi connectivity index (χ2v) is 4.51.